The van der Waals surface area contributed by atoms with Crippen molar-refractivity contribution in [2.45, 2.75) is 51.8 Å². The van der Waals surface area contributed by atoms with Crippen molar-refractivity contribution in [1.29, 1.82) is 0 Å². The highest BCUT2D eigenvalue weighted by molar-refractivity contribution is 5.76. The molecule has 1 aliphatic carbocycles. The van der Waals surface area contributed by atoms with Crippen molar-refractivity contribution in [1.82, 2.24) is 14.9 Å². The Morgan fingerprint density at radius 3 is 2.92 bits per heavy atom. The van der Waals surface area contributed by atoms with Crippen molar-refractivity contribution < 1.29 is 14.3 Å². The smallest absolute Gasteiger partial charge is 0.348 e. The first-order valence-electron chi connectivity index (χ1n) is 8.56. The molecular weight excluding hydrogens is 310 g/mol. The number of hydrogen-bond donors (Lipinski definition) is 1. The molecule has 24 heavy (non-hydrogen) atoms. The van der Waals surface area contributed by atoms with Crippen molar-refractivity contribution in [3.63, 3.8) is 0 Å². The van der Waals surface area contributed by atoms with Gasteiger partial charge in [-0.25, -0.2) is 4.79 Å². The van der Waals surface area contributed by atoms with E-state index in [4.69, 9.17) is 9.47 Å². The molecule has 1 saturated carbocycles. The maximum absolute atomic E-state index is 12.4. The van der Waals surface area contributed by atoms with Crippen molar-refractivity contribution in [2.24, 2.45) is 5.92 Å². The van der Waals surface area contributed by atoms with Gasteiger partial charge in [0.2, 0.25) is 5.91 Å². The highest BCUT2D eigenvalue weighted by Crippen LogP contribution is 2.29. The summed E-state index contributed by atoms with van der Waals surface area (Å²) in [5.41, 5.74) is 0.999. The zero-order valence-electron chi connectivity index (χ0n) is 14.3. The number of hydrogen-bond acceptors (Lipinski definition) is 5. The molecule has 0 aromatic carbocycles. The lowest BCUT2D eigenvalue weighted by atomic mass is 10.1. The normalized spacial score (nSPS) is 23.9. The van der Waals surface area contributed by atoms with Gasteiger partial charge in [0.05, 0.1) is 12.6 Å². The molecule has 0 radical (unpaired) electrons. The van der Waals surface area contributed by atoms with Crippen molar-refractivity contribution in [2.75, 3.05) is 19.8 Å². The molecule has 1 N–H and O–H groups in total. The molecule has 2 fully saturated rings. The summed E-state index contributed by atoms with van der Waals surface area (Å²) in [4.78, 5) is 28.2. The summed E-state index contributed by atoms with van der Waals surface area (Å²) in [6, 6.07) is 1.73. The molecule has 0 bridgehead atoms. The summed E-state index contributed by atoms with van der Waals surface area (Å²) in [5.74, 6) is 0.473. The average molecular weight is 335 g/mol. The second kappa shape index (κ2) is 7.44. The maximum atomic E-state index is 12.4. The van der Waals surface area contributed by atoms with Crippen LogP contribution in [-0.4, -0.2) is 47.4 Å². The molecule has 7 nitrogen and oxygen atoms in total. The summed E-state index contributed by atoms with van der Waals surface area (Å²) in [6.45, 7) is 5.40. The molecule has 3 rings (SSSR count). The Labute approximate surface area is 141 Å². The second-order valence-electron chi connectivity index (χ2n) is 6.76. The zero-order valence-corrected chi connectivity index (χ0v) is 14.3. The van der Waals surface area contributed by atoms with Gasteiger partial charge in [-0.3, -0.25) is 9.36 Å². The fraction of sp³-hybridized carbons (Fsp3) is 0.706. The summed E-state index contributed by atoms with van der Waals surface area (Å²) in [6.07, 6.45) is 3.07. The molecule has 1 aromatic heterocycles. The lowest BCUT2D eigenvalue weighted by Crippen LogP contribution is -2.51. The van der Waals surface area contributed by atoms with Crippen molar-refractivity contribution >= 4 is 5.91 Å². The number of amides is 1. The summed E-state index contributed by atoms with van der Waals surface area (Å²) in [5, 5.41) is 3.00. The van der Waals surface area contributed by atoms with Gasteiger partial charge in [-0.15, -0.1) is 0 Å². The Bertz CT molecular complexity index is 654. The Kier molecular flexibility index (Phi) is 5.30. The van der Waals surface area contributed by atoms with Gasteiger partial charge in [0, 0.05) is 24.6 Å². The second-order valence-corrected chi connectivity index (χ2v) is 6.76. The number of aryl methyl sites for hydroxylation is 2. The number of nitrogens with zero attached hydrogens (tertiary/aromatic N) is 2. The quantitative estimate of drug-likeness (QED) is 0.821. The number of ether oxygens (including phenoxy) is 2. The predicted octanol–water partition coefficient (Wildman–Crippen LogP) is 0.560. The predicted molar refractivity (Wildman–Crippen MR) is 87.8 cm³/mol. The molecule has 1 aliphatic heterocycles. The molecule has 1 aromatic rings. The standard InChI is InChI=1S/C17H25N3O4/c1-11-7-12(2)20(17(22)18-11)8-16(21)19-14-5-6-23-10-15(14)24-9-13-3-4-13/h7,13-15H,3-6,8-10H2,1-2H3,(H,19,21)/t14-,15-/m1/s1. The van der Waals surface area contributed by atoms with Crippen LogP contribution in [0.4, 0.5) is 0 Å². The van der Waals surface area contributed by atoms with Crippen LogP contribution in [0, 0.1) is 19.8 Å². The van der Waals surface area contributed by atoms with Crippen LogP contribution >= 0.6 is 0 Å². The lowest BCUT2D eigenvalue weighted by molar-refractivity contribution is -0.127. The Balaban J connectivity index is 1.59. The van der Waals surface area contributed by atoms with Crippen LogP contribution in [-0.2, 0) is 20.8 Å². The molecule has 1 amide bonds. The SMILES string of the molecule is Cc1cc(C)n(CC(=O)N[C@@H]2CCOC[C@H]2OCC2CC2)c(=O)n1. The van der Waals surface area contributed by atoms with Gasteiger partial charge in [-0.1, -0.05) is 0 Å². The van der Waals surface area contributed by atoms with E-state index in [9.17, 15) is 9.59 Å². The fourth-order valence-corrected chi connectivity index (χ4v) is 2.95. The number of carbonyl (C=O) groups is 1. The molecule has 2 atom stereocenters. The van der Waals surface area contributed by atoms with Crippen LogP contribution in [0.15, 0.2) is 10.9 Å². The molecule has 1 saturated heterocycles. The number of carbonyl (C=O) groups excluding carboxylic acids is 1. The number of rotatable bonds is 6. The van der Waals surface area contributed by atoms with Gasteiger partial charge >= 0.3 is 5.69 Å². The van der Waals surface area contributed by atoms with E-state index in [-0.39, 0.29) is 24.6 Å². The zero-order chi connectivity index (χ0) is 17.1. The van der Waals surface area contributed by atoms with Gasteiger partial charge in [-0.2, -0.15) is 4.98 Å². The third kappa shape index (κ3) is 4.42. The van der Waals surface area contributed by atoms with Crippen LogP contribution in [0.1, 0.15) is 30.7 Å². The Morgan fingerprint density at radius 1 is 1.42 bits per heavy atom. The summed E-state index contributed by atoms with van der Waals surface area (Å²) in [7, 11) is 0. The third-order valence-corrected chi connectivity index (χ3v) is 4.54. The van der Waals surface area contributed by atoms with E-state index in [1.165, 1.54) is 17.4 Å². The average Bonchev–Trinajstić information content (AvgIpc) is 3.34. The maximum Gasteiger partial charge on any atom is 0.348 e. The van der Waals surface area contributed by atoms with E-state index in [0.29, 0.717) is 24.8 Å². The first-order chi connectivity index (χ1) is 11.5. The van der Waals surface area contributed by atoms with Crippen LogP contribution < -0.4 is 11.0 Å². The molecule has 7 heteroatoms. The summed E-state index contributed by atoms with van der Waals surface area (Å²) < 4.78 is 12.8. The van der Waals surface area contributed by atoms with Gasteiger partial charge in [0.15, 0.2) is 0 Å². The van der Waals surface area contributed by atoms with Gasteiger partial charge in [0.1, 0.15) is 12.6 Å². The molecule has 2 aliphatic rings. The highest BCUT2D eigenvalue weighted by Gasteiger charge is 2.30. The van der Waals surface area contributed by atoms with Gasteiger partial charge < -0.3 is 14.8 Å². The van der Waals surface area contributed by atoms with Crippen LogP contribution in [0.2, 0.25) is 0 Å². The van der Waals surface area contributed by atoms with E-state index in [1.807, 2.05) is 0 Å². The molecule has 0 unspecified atom stereocenters. The van der Waals surface area contributed by atoms with Gasteiger partial charge in [0.25, 0.3) is 0 Å². The van der Waals surface area contributed by atoms with E-state index in [2.05, 4.69) is 10.3 Å². The topological polar surface area (TPSA) is 82.5 Å². The third-order valence-electron chi connectivity index (χ3n) is 4.54. The van der Waals surface area contributed by atoms with Gasteiger partial charge in [-0.05, 0) is 45.1 Å². The number of nitrogens with one attached hydrogen (secondary N) is 1. The largest absolute Gasteiger partial charge is 0.379 e. The minimum absolute atomic E-state index is 0.0232. The first-order valence-corrected chi connectivity index (χ1v) is 8.56. The molecule has 0 spiro atoms. The Morgan fingerprint density at radius 2 is 2.21 bits per heavy atom. The fourth-order valence-electron chi connectivity index (χ4n) is 2.95. The molecule has 132 valence electrons. The lowest BCUT2D eigenvalue weighted by Gasteiger charge is -2.32. The van der Waals surface area contributed by atoms with Crippen LogP contribution in [0.25, 0.3) is 0 Å². The van der Waals surface area contributed by atoms with Crippen molar-refractivity contribution in [3.05, 3.63) is 27.9 Å². The van der Waals surface area contributed by atoms with E-state index >= 15 is 0 Å². The molecule has 2 heterocycles. The Hall–Kier alpha value is -1.73. The minimum atomic E-state index is -0.392. The van der Waals surface area contributed by atoms with E-state index < -0.39 is 5.69 Å². The monoisotopic (exact) mass is 335 g/mol. The minimum Gasteiger partial charge on any atom is -0.379 e. The van der Waals surface area contributed by atoms with Crippen LogP contribution in [0.5, 0.6) is 0 Å². The molecular formula is C17H25N3O4. The van der Waals surface area contributed by atoms with Crippen LogP contribution in [0.3, 0.4) is 0 Å². The van der Waals surface area contributed by atoms with E-state index in [1.54, 1.807) is 19.9 Å². The van der Waals surface area contributed by atoms with E-state index in [0.717, 1.165) is 18.7 Å². The number of aromatic nitrogens is 2. The first kappa shape index (κ1) is 17.1. The highest BCUT2D eigenvalue weighted by atomic mass is 16.5. The summed E-state index contributed by atoms with van der Waals surface area (Å²) >= 11 is 0. The van der Waals surface area contributed by atoms with Crippen molar-refractivity contribution in [3.8, 4) is 0 Å².